The van der Waals surface area contributed by atoms with Crippen LogP contribution in [-0.2, 0) is 0 Å². The van der Waals surface area contributed by atoms with Gasteiger partial charge in [0, 0.05) is 18.3 Å². The molecule has 0 saturated heterocycles. The molecule has 0 bridgehead atoms. The van der Waals surface area contributed by atoms with Crippen LogP contribution >= 0.6 is 0 Å². The Morgan fingerprint density at radius 1 is 1.45 bits per heavy atom. The van der Waals surface area contributed by atoms with Gasteiger partial charge in [-0.2, -0.15) is 0 Å². The summed E-state index contributed by atoms with van der Waals surface area (Å²) in [5.74, 6) is 0. The molecular formula is C8H15N3. The normalized spacial score (nSPS) is 13.9. The maximum atomic E-state index is 5.74. The fraction of sp³-hybridized carbons (Fsp3) is 0.625. The van der Waals surface area contributed by atoms with Gasteiger partial charge >= 0.3 is 0 Å². The highest BCUT2D eigenvalue weighted by atomic mass is 15.1. The maximum Gasteiger partial charge on any atom is 0.0951 e. The summed E-state index contributed by atoms with van der Waals surface area (Å²) >= 11 is 0. The number of nitrogens with zero attached hydrogens (tertiary/aromatic N) is 2. The third-order valence-electron chi connectivity index (χ3n) is 1.72. The van der Waals surface area contributed by atoms with E-state index in [1.165, 1.54) is 0 Å². The average molecular weight is 153 g/mol. The molecule has 0 saturated carbocycles. The first-order valence-electron chi connectivity index (χ1n) is 3.90. The molecule has 2 N–H and O–H groups in total. The van der Waals surface area contributed by atoms with E-state index in [1.807, 2.05) is 19.4 Å². The largest absolute Gasteiger partial charge is 0.331 e. The van der Waals surface area contributed by atoms with Crippen LogP contribution in [0.3, 0.4) is 0 Å². The minimum absolute atomic E-state index is 0.0694. The van der Waals surface area contributed by atoms with E-state index >= 15 is 0 Å². The van der Waals surface area contributed by atoms with Crippen molar-refractivity contribution in [2.45, 2.75) is 32.9 Å². The van der Waals surface area contributed by atoms with Crippen molar-refractivity contribution in [2.24, 2.45) is 5.73 Å². The van der Waals surface area contributed by atoms with Crippen LogP contribution in [-0.4, -0.2) is 9.55 Å². The van der Waals surface area contributed by atoms with Gasteiger partial charge in [-0.15, -0.1) is 0 Å². The molecule has 0 aliphatic carbocycles. The summed E-state index contributed by atoms with van der Waals surface area (Å²) in [5, 5.41) is 0. The lowest BCUT2D eigenvalue weighted by Gasteiger charge is -2.13. The lowest BCUT2D eigenvalue weighted by Crippen LogP contribution is -2.12. The van der Waals surface area contributed by atoms with Crippen LogP contribution < -0.4 is 5.73 Å². The summed E-state index contributed by atoms with van der Waals surface area (Å²) in [7, 11) is 0. The lowest BCUT2D eigenvalue weighted by atomic mass is 10.2. The summed E-state index contributed by atoms with van der Waals surface area (Å²) in [6.07, 6.45) is 3.65. The van der Waals surface area contributed by atoms with Crippen LogP contribution in [0.1, 0.15) is 38.5 Å². The molecule has 0 radical (unpaired) electrons. The molecule has 62 valence electrons. The van der Waals surface area contributed by atoms with Crippen LogP contribution in [0, 0.1) is 0 Å². The second-order valence-corrected chi connectivity index (χ2v) is 3.11. The Bertz CT molecular complexity index is 202. The predicted octanol–water partition coefficient (Wildman–Crippen LogP) is 1.48. The first kappa shape index (κ1) is 8.27. The van der Waals surface area contributed by atoms with Crippen LogP contribution in [0.15, 0.2) is 12.5 Å². The number of hydrogen-bond acceptors (Lipinski definition) is 2. The van der Waals surface area contributed by atoms with Gasteiger partial charge in [-0.25, -0.2) is 4.98 Å². The van der Waals surface area contributed by atoms with Crippen molar-refractivity contribution in [3.63, 3.8) is 0 Å². The van der Waals surface area contributed by atoms with E-state index in [0.717, 1.165) is 5.69 Å². The van der Waals surface area contributed by atoms with Gasteiger partial charge in [-0.3, -0.25) is 0 Å². The number of hydrogen-bond donors (Lipinski definition) is 1. The number of rotatable bonds is 2. The second-order valence-electron chi connectivity index (χ2n) is 3.11. The topological polar surface area (TPSA) is 43.8 Å². The van der Waals surface area contributed by atoms with Crippen LogP contribution in [0.25, 0.3) is 0 Å². The van der Waals surface area contributed by atoms with E-state index in [1.54, 1.807) is 0 Å². The quantitative estimate of drug-likeness (QED) is 0.699. The minimum Gasteiger partial charge on any atom is -0.331 e. The zero-order valence-electron chi connectivity index (χ0n) is 7.28. The van der Waals surface area contributed by atoms with Gasteiger partial charge in [-0.05, 0) is 20.8 Å². The van der Waals surface area contributed by atoms with Crippen molar-refractivity contribution in [1.29, 1.82) is 0 Å². The Hall–Kier alpha value is -0.830. The Labute approximate surface area is 67.2 Å². The molecule has 0 aromatic carbocycles. The van der Waals surface area contributed by atoms with Gasteiger partial charge in [0.1, 0.15) is 0 Å². The van der Waals surface area contributed by atoms with Gasteiger partial charge in [0.25, 0.3) is 0 Å². The lowest BCUT2D eigenvalue weighted by molar-refractivity contribution is 0.553. The molecule has 0 unspecified atom stereocenters. The summed E-state index contributed by atoms with van der Waals surface area (Å²) < 4.78 is 2.09. The van der Waals surface area contributed by atoms with Crippen LogP contribution in [0.2, 0.25) is 0 Å². The summed E-state index contributed by atoms with van der Waals surface area (Å²) in [4.78, 5) is 4.05. The number of nitrogens with two attached hydrogens (primary N) is 1. The highest BCUT2D eigenvalue weighted by Crippen LogP contribution is 2.13. The van der Waals surface area contributed by atoms with Gasteiger partial charge < -0.3 is 10.3 Å². The van der Waals surface area contributed by atoms with Gasteiger partial charge in [0.2, 0.25) is 0 Å². The highest BCUT2D eigenvalue weighted by Gasteiger charge is 2.07. The molecule has 0 fully saturated rings. The molecule has 11 heavy (non-hydrogen) atoms. The molecule has 0 aliphatic heterocycles. The molecule has 1 aromatic heterocycles. The fourth-order valence-corrected chi connectivity index (χ4v) is 1.10. The molecule has 0 aliphatic rings. The molecule has 0 spiro atoms. The Kier molecular flexibility index (Phi) is 2.29. The molecule has 0 amide bonds. The van der Waals surface area contributed by atoms with E-state index in [9.17, 15) is 0 Å². The fourth-order valence-electron chi connectivity index (χ4n) is 1.10. The van der Waals surface area contributed by atoms with Crippen molar-refractivity contribution < 1.29 is 0 Å². The van der Waals surface area contributed by atoms with Crippen molar-refractivity contribution in [3.05, 3.63) is 18.2 Å². The Balaban J connectivity index is 2.96. The van der Waals surface area contributed by atoms with E-state index in [0.29, 0.717) is 6.04 Å². The number of imidazole rings is 1. The molecule has 3 nitrogen and oxygen atoms in total. The standard InChI is InChI=1S/C8H15N3/c1-6(2)11-5-10-4-8(11)7(3)9/h4-7H,9H2,1-3H3/t7-/m0/s1. The molecule has 1 rings (SSSR count). The molecule has 3 heteroatoms. The predicted molar refractivity (Wildman–Crippen MR) is 45.2 cm³/mol. The summed E-state index contributed by atoms with van der Waals surface area (Å²) in [6.45, 7) is 6.21. The zero-order valence-corrected chi connectivity index (χ0v) is 7.28. The SMILES string of the molecule is CC(C)n1cncc1[C@H](C)N. The Morgan fingerprint density at radius 3 is 2.45 bits per heavy atom. The van der Waals surface area contributed by atoms with Gasteiger partial charge in [0.15, 0.2) is 0 Å². The Morgan fingerprint density at radius 2 is 2.09 bits per heavy atom. The first-order valence-corrected chi connectivity index (χ1v) is 3.90. The summed E-state index contributed by atoms with van der Waals surface area (Å²) in [6, 6.07) is 0.512. The smallest absolute Gasteiger partial charge is 0.0951 e. The van der Waals surface area contributed by atoms with Crippen molar-refractivity contribution in [3.8, 4) is 0 Å². The summed E-state index contributed by atoms with van der Waals surface area (Å²) in [5.41, 5.74) is 6.83. The molecular weight excluding hydrogens is 138 g/mol. The first-order chi connectivity index (χ1) is 5.13. The molecule has 1 heterocycles. The van der Waals surface area contributed by atoms with E-state index in [4.69, 9.17) is 5.73 Å². The average Bonchev–Trinajstić information content (AvgIpc) is 2.32. The van der Waals surface area contributed by atoms with Crippen molar-refractivity contribution >= 4 is 0 Å². The van der Waals surface area contributed by atoms with Crippen molar-refractivity contribution in [2.75, 3.05) is 0 Å². The third-order valence-corrected chi connectivity index (χ3v) is 1.72. The third kappa shape index (κ3) is 1.60. The zero-order chi connectivity index (χ0) is 8.43. The second kappa shape index (κ2) is 3.05. The minimum atomic E-state index is 0.0694. The number of aromatic nitrogens is 2. The maximum absolute atomic E-state index is 5.74. The van der Waals surface area contributed by atoms with Crippen LogP contribution in [0.5, 0.6) is 0 Å². The van der Waals surface area contributed by atoms with Gasteiger partial charge in [-0.1, -0.05) is 0 Å². The monoisotopic (exact) mass is 153 g/mol. The van der Waals surface area contributed by atoms with Crippen molar-refractivity contribution in [1.82, 2.24) is 9.55 Å². The highest BCUT2D eigenvalue weighted by molar-refractivity contribution is 5.04. The molecule has 1 atom stereocenters. The van der Waals surface area contributed by atoms with Gasteiger partial charge in [0.05, 0.1) is 12.0 Å². The van der Waals surface area contributed by atoms with E-state index in [2.05, 4.69) is 23.4 Å². The van der Waals surface area contributed by atoms with Crippen LogP contribution in [0.4, 0.5) is 0 Å². The van der Waals surface area contributed by atoms with E-state index < -0.39 is 0 Å². The van der Waals surface area contributed by atoms with E-state index in [-0.39, 0.29) is 6.04 Å². The molecule has 1 aromatic rings.